The van der Waals surface area contributed by atoms with E-state index in [1.54, 1.807) is 23.1 Å². The lowest BCUT2D eigenvalue weighted by Crippen LogP contribution is -2.35. The van der Waals surface area contributed by atoms with Gasteiger partial charge in [-0.2, -0.15) is 0 Å². The molecule has 0 radical (unpaired) electrons. The topological polar surface area (TPSA) is 149 Å². The number of fused-ring (bicyclic) bond motifs is 1. The number of amides is 1. The highest BCUT2D eigenvalue weighted by Gasteiger charge is 2.32. The minimum Gasteiger partial charge on any atom is -0.493 e. The number of benzene rings is 2. The Kier molecular flexibility index (Phi) is 11.8. The summed E-state index contributed by atoms with van der Waals surface area (Å²) in [7, 11) is 1.54. The van der Waals surface area contributed by atoms with Crippen molar-refractivity contribution >= 4 is 51.9 Å². The molecule has 0 bridgehead atoms. The van der Waals surface area contributed by atoms with Crippen molar-refractivity contribution in [2.24, 2.45) is 0 Å². The smallest absolute Gasteiger partial charge is 0.303 e. The summed E-state index contributed by atoms with van der Waals surface area (Å²) in [5, 5.41) is 20.5. The van der Waals surface area contributed by atoms with Gasteiger partial charge >= 0.3 is 5.97 Å². The Morgan fingerprint density at radius 3 is 2.36 bits per heavy atom. The van der Waals surface area contributed by atoms with Crippen LogP contribution in [-0.4, -0.2) is 79.2 Å². The second-order valence-corrected chi connectivity index (χ2v) is 12.1. The Labute approximate surface area is 274 Å². The van der Waals surface area contributed by atoms with Crippen molar-refractivity contribution in [3.8, 4) is 11.5 Å². The highest BCUT2D eigenvalue weighted by Crippen LogP contribution is 2.41. The van der Waals surface area contributed by atoms with Gasteiger partial charge < -0.3 is 29.7 Å². The predicted molar refractivity (Wildman–Crippen MR) is 177 cm³/mol. The maximum Gasteiger partial charge on any atom is 0.303 e. The number of ether oxygens (including phenoxy) is 2. The monoisotopic (exact) mass is 686 g/mol. The molecule has 244 valence electrons. The van der Waals surface area contributed by atoms with Crippen LogP contribution in [0, 0.1) is 5.41 Å². The largest absolute Gasteiger partial charge is 0.493 e. The lowest BCUT2D eigenvalue weighted by molar-refractivity contribution is -0.137. The molecule has 2 aliphatic rings. The number of hydrogen-bond acceptors (Lipinski definition) is 8. The fourth-order valence-corrected chi connectivity index (χ4v) is 5.53. The number of hydrogen-bond donors (Lipinski definition) is 3. The van der Waals surface area contributed by atoms with Crippen molar-refractivity contribution < 1.29 is 33.8 Å². The fraction of sp³-hybridized carbons (Fsp3) is 0.485. The molecule has 1 amide bonds. The summed E-state index contributed by atoms with van der Waals surface area (Å²) in [4.78, 5) is 53.2. The molecule has 2 aromatic carbocycles. The van der Waals surface area contributed by atoms with Crippen molar-refractivity contribution in [1.82, 2.24) is 10.2 Å². The normalized spacial score (nSPS) is 14.5. The van der Waals surface area contributed by atoms with E-state index in [1.807, 2.05) is 33.8 Å². The molecular weight excluding hydrogens is 644 g/mol. The molecule has 0 spiro atoms. The number of carboxylic acid groups (broad SMARTS) is 1. The molecular formula is C33H43BrN4O7. The minimum absolute atomic E-state index is 0. The van der Waals surface area contributed by atoms with Crippen LogP contribution in [0.3, 0.4) is 0 Å². The number of piperidine rings is 1. The molecule has 1 saturated heterocycles. The Morgan fingerprint density at radius 1 is 1.07 bits per heavy atom. The number of carbonyl (C=O) groups is 4. The van der Waals surface area contributed by atoms with Crippen LogP contribution in [0.15, 0.2) is 24.3 Å². The van der Waals surface area contributed by atoms with Gasteiger partial charge in [-0.3, -0.25) is 24.6 Å². The zero-order valence-corrected chi connectivity index (χ0v) is 28.3. The van der Waals surface area contributed by atoms with E-state index in [2.05, 4.69) is 10.2 Å². The van der Waals surface area contributed by atoms with Crippen LogP contribution in [0.4, 0.5) is 5.69 Å². The summed E-state index contributed by atoms with van der Waals surface area (Å²) in [5.41, 5.74) is 3.29. The summed E-state index contributed by atoms with van der Waals surface area (Å²) in [6, 6.07) is 7.04. The van der Waals surface area contributed by atoms with Crippen molar-refractivity contribution in [3.63, 3.8) is 0 Å². The van der Waals surface area contributed by atoms with Gasteiger partial charge in [0, 0.05) is 62.6 Å². The van der Waals surface area contributed by atoms with Gasteiger partial charge in [-0.15, -0.1) is 17.0 Å². The van der Waals surface area contributed by atoms with Gasteiger partial charge in [0.05, 0.1) is 31.0 Å². The van der Waals surface area contributed by atoms with E-state index in [4.69, 9.17) is 20.0 Å². The van der Waals surface area contributed by atoms with Crippen LogP contribution < -0.4 is 19.7 Å². The number of nitrogens with zero attached hydrogens (tertiary/aromatic N) is 2. The Bertz CT molecular complexity index is 1470. The lowest BCUT2D eigenvalue weighted by atomic mass is 9.84. The summed E-state index contributed by atoms with van der Waals surface area (Å²) >= 11 is 0. The third-order valence-electron chi connectivity index (χ3n) is 7.89. The van der Waals surface area contributed by atoms with Crippen LogP contribution in [-0.2, 0) is 21.5 Å². The molecule has 45 heavy (non-hydrogen) atoms. The molecule has 1 fully saturated rings. The lowest BCUT2D eigenvalue weighted by Gasteiger charge is -2.33. The number of ketones is 2. The Hall–Kier alpha value is -3.93. The number of halogens is 1. The molecule has 4 rings (SSSR count). The average Bonchev–Trinajstić information content (AvgIpc) is 3.27. The molecule has 12 heteroatoms. The van der Waals surface area contributed by atoms with Crippen LogP contribution in [0.1, 0.15) is 90.8 Å². The quantitative estimate of drug-likeness (QED) is 0.212. The first-order valence-corrected chi connectivity index (χ1v) is 15.0. The van der Waals surface area contributed by atoms with Gasteiger partial charge in [-0.25, -0.2) is 0 Å². The second-order valence-electron chi connectivity index (χ2n) is 12.1. The van der Waals surface area contributed by atoms with E-state index < -0.39 is 11.4 Å². The van der Waals surface area contributed by atoms with Gasteiger partial charge in [0.25, 0.3) is 5.91 Å². The SMILES string of the molecule is Br.CCOc1cc2c(cc1C(=O)NC)C(=N)N(CC(=O)c1cc(N3CCC(=O)CC3)c(OCCCC(=O)O)c(C(C)(C)C)c1)C2. The van der Waals surface area contributed by atoms with E-state index in [0.717, 1.165) is 11.1 Å². The summed E-state index contributed by atoms with van der Waals surface area (Å²) < 4.78 is 11.9. The average molecular weight is 688 g/mol. The maximum absolute atomic E-state index is 13.9. The summed E-state index contributed by atoms with van der Waals surface area (Å²) in [6.45, 7) is 9.76. The van der Waals surface area contributed by atoms with Crippen molar-refractivity contribution in [2.75, 3.05) is 44.8 Å². The first-order chi connectivity index (χ1) is 20.8. The number of Topliss-reactive ketones (excluding diaryl/α,β-unsaturated/α-hetero) is 2. The van der Waals surface area contributed by atoms with E-state index in [9.17, 15) is 19.2 Å². The molecule has 2 heterocycles. The van der Waals surface area contributed by atoms with Gasteiger partial charge in [-0.05, 0) is 48.6 Å². The first kappa shape index (κ1) is 35.5. The number of amidine groups is 1. The zero-order chi connectivity index (χ0) is 32.2. The molecule has 0 saturated carbocycles. The van der Waals surface area contributed by atoms with Crippen LogP contribution in [0.25, 0.3) is 0 Å². The van der Waals surface area contributed by atoms with E-state index in [-0.39, 0.29) is 59.9 Å². The number of anilines is 1. The van der Waals surface area contributed by atoms with Crippen LogP contribution >= 0.6 is 17.0 Å². The van der Waals surface area contributed by atoms with Crippen molar-refractivity contribution in [1.29, 1.82) is 5.41 Å². The minimum atomic E-state index is -0.894. The van der Waals surface area contributed by atoms with E-state index in [0.29, 0.717) is 79.4 Å². The Balaban J connectivity index is 0.00000552. The molecule has 0 aromatic heterocycles. The van der Waals surface area contributed by atoms with Gasteiger partial charge in [-0.1, -0.05) is 20.8 Å². The van der Waals surface area contributed by atoms with Crippen LogP contribution in [0.2, 0.25) is 0 Å². The highest BCUT2D eigenvalue weighted by atomic mass is 79.9. The number of carbonyl (C=O) groups excluding carboxylic acids is 3. The Morgan fingerprint density at radius 2 is 1.76 bits per heavy atom. The van der Waals surface area contributed by atoms with E-state index in [1.165, 1.54) is 7.05 Å². The highest BCUT2D eigenvalue weighted by molar-refractivity contribution is 8.93. The standard InChI is InChI=1S/C33H42N4O7.BrH/c1-6-43-28-16-21-18-37(31(34)23(21)17-24(28)32(42)35-5)19-27(39)20-14-25(33(2,3)4)30(44-13-7-8-29(40)41)26(15-20)36-11-9-22(38)10-12-36;/h14-17,34H,6-13,18-19H2,1-5H3,(H,35,42)(H,40,41);1H. The number of aliphatic carboxylic acids is 1. The molecule has 11 nitrogen and oxygen atoms in total. The molecule has 3 N–H and O–H groups in total. The number of carboxylic acids is 1. The van der Waals surface area contributed by atoms with Gasteiger partial charge in [0.1, 0.15) is 23.1 Å². The van der Waals surface area contributed by atoms with Gasteiger partial charge in [0.2, 0.25) is 0 Å². The molecule has 2 aliphatic heterocycles. The number of rotatable bonds is 12. The van der Waals surface area contributed by atoms with Crippen LogP contribution in [0.5, 0.6) is 11.5 Å². The van der Waals surface area contributed by atoms with Gasteiger partial charge in [0.15, 0.2) is 5.78 Å². The first-order valence-electron chi connectivity index (χ1n) is 15.0. The second kappa shape index (κ2) is 14.9. The molecule has 0 atom stereocenters. The zero-order valence-electron chi connectivity index (χ0n) is 26.6. The molecule has 0 unspecified atom stereocenters. The maximum atomic E-state index is 13.9. The third-order valence-corrected chi connectivity index (χ3v) is 7.89. The third kappa shape index (κ3) is 8.22. The molecule has 0 aliphatic carbocycles. The predicted octanol–water partition coefficient (Wildman–Crippen LogP) is 4.76. The fourth-order valence-electron chi connectivity index (χ4n) is 5.53. The van der Waals surface area contributed by atoms with E-state index >= 15 is 0 Å². The summed E-state index contributed by atoms with van der Waals surface area (Å²) in [5.74, 6) is -0.0144. The molecule has 2 aromatic rings. The summed E-state index contributed by atoms with van der Waals surface area (Å²) in [6.07, 6.45) is 1.11. The van der Waals surface area contributed by atoms with Crippen molar-refractivity contribution in [3.05, 3.63) is 52.1 Å². The number of nitrogens with one attached hydrogen (secondary N) is 2. The van der Waals surface area contributed by atoms with Crippen molar-refractivity contribution in [2.45, 2.75) is 65.3 Å².